The van der Waals surface area contributed by atoms with Gasteiger partial charge in [0.25, 0.3) is 0 Å². The highest BCUT2D eigenvalue weighted by molar-refractivity contribution is 7.18. The van der Waals surface area contributed by atoms with Gasteiger partial charge in [-0.1, -0.05) is 51.3 Å². The van der Waals surface area contributed by atoms with Crippen molar-refractivity contribution in [2.45, 2.75) is 117 Å². The van der Waals surface area contributed by atoms with Crippen LogP contribution in [-0.4, -0.2) is 82.0 Å². The van der Waals surface area contributed by atoms with E-state index in [9.17, 15) is 14.4 Å². The van der Waals surface area contributed by atoms with Crippen molar-refractivity contribution < 1.29 is 28.6 Å². The fraction of sp³-hybridized carbons (Fsp3) is 0.533. The summed E-state index contributed by atoms with van der Waals surface area (Å²) >= 11 is 3.31. The van der Waals surface area contributed by atoms with Crippen LogP contribution in [0.1, 0.15) is 107 Å². The van der Waals surface area contributed by atoms with Gasteiger partial charge in [0, 0.05) is 38.0 Å². The summed E-state index contributed by atoms with van der Waals surface area (Å²) < 4.78 is 18.2. The van der Waals surface area contributed by atoms with Crippen molar-refractivity contribution in [3.8, 4) is 0 Å². The van der Waals surface area contributed by atoms with E-state index in [2.05, 4.69) is 68.7 Å². The summed E-state index contributed by atoms with van der Waals surface area (Å²) in [6.07, 6.45) is 7.59. The Labute approximate surface area is 357 Å². The summed E-state index contributed by atoms with van der Waals surface area (Å²) in [4.78, 5) is 50.4. The Balaban J connectivity index is 0.000000230. The highest BCUT2D eigenvalue weighted by atomic mass is 32.1. The highest BCUT2D eigenvalue weighted by Crippen LogP contribution is 2.37. The molecule has 14 heteroatoms. The molecule has 3 N–H and O–H groups in total. The molecule has 0 bridgehead atoms. The van der Waals surface area contributed by atoms with Gasteiger partial charge in [-0.25, -0.2) is 24.4 Å². The summed E-state index contributed by atoms with van der Waals surface area (Å²) in [7, 11) is 0. The maximum Gasteiger partial charge on any atom is 0.410 e. The van der Waals surface area contributed by atoms with Crippen molar-refractivity contribution in [1.82, 2.24) is 25.1 Å². The lowest BCUT2D eigenvalue weighted by Crippen LogP contribution is -2.41. The predicted octanol–water partition coefficient (Wildman–Crippen LogP) is 10.1. The molecule has 2 aliphatic heterocycles. The van der Waals surface area contributed by atoms with Gasteiger partial charge in [-0.3, -0.25) is 0 Å². The number of nitrogens with two attached hydrogens (primary N) is 1. The summed E-state index contributed by atoms with van der Waals surface area (Å²) in [6.45, 7) is 22.9. The third-order valence-electron chi connectivity index (χ3n) is 10.2. The molecule has 59 heavy (non-hydrogen) atoms. The standard InChI is InChI=1S/C25H35N3O4S.C20H27N3O2S/c1-7-12-31-24(30)28-15-16(2)8-10-20(28)18-9-11-21-19(14-18)27-22(33-21)13-17(3)26-23(29)32-25(4,5)6;1-4-9-25-20(24)23-12-13(2)5-7-17(23)15-6-8-18-16(11-15)22-19(26-18)10-14(3)21/h7,9,11,14,16-17,20H,1,8,10,12-13,15H2,2-6H3,(H,26,29);4,6,8,11,13-14,17H,1,5,7,9-10,12,21H2,2-3H3/t16-,17-,20+;13-,14-,17+/m00/s1. The molecule has 0 radical (unpaired) electrons. The Morgan fingerprint density at radius 3 is 1.69 bits per heavy atom. The summed E-state index contributed by atoms with van der Waals surface area (Å²) in [5, 5.41) is 4.88. The number of nitrogens with one attached hydrogen (secondary N) is 1. The molecule has 0 aliphatic carbocycles. The number of hydrogen-bond donors (Lipinski definition) is 2. The van der Waals surface area contributed by atoms with Crippen LogP contribution in [0.25, 0.3) is 20.4 Å². The van der Waals surface area contributed by atoms with Crippen LogP contribution >= 0.6 is 22.7 Å². The van der Waals surface area contributed by atoms with Gasteiger partial charge in [0.2, 0.25) is 0 Å². The molecule has 6 atom stereocenters. The molecule has 0 saturated carbocycles. The number of aromatic nitrogens is 2. The minimum absolute atomic E-state index is 0.0270. The number of carbonyl (C=O) groups excluding carboxylic acids is 3. The monoisotopic (exact) mass is 846 g/mol. The lowest BCUT2D eigenvalue weighted by molar-refractivity contribution is 0.0508. The zero-order valence-electron chi connectivity index (χ0n) is 35.7. The van der Waals surface area contributed by atoms with Crippen LogP contribution in [0, 0.1) is 11.8 Å². The molecule has 6 rings (SSSR count). The average Bonchev–Trinajstić information content (AvgIpc) is 3.76. The van der Waals surface area contributed by atoms with Crippen molar-refractivity contribution in [2.75, 3.05) is 26.3 Å². The van der Waals surface area contributed by atoms with E-state index in [1.807, 2.05) is 44.4 Å². The Kier molecular flexibility index (Phi) is 15.9. The van der Waals surface area contributed by atoms with Crippen LogP contribution in [0.15, 0.2) is 61.7 Å². The van der Waals surface area contributed by atoms with Crippen molar-refractivity contribution in [3.63, 3.8) is 0 Å². The molecule has 4 aromatic rings. The first-order valence-corrected chi connectivity index (χ1v) is 22.3. The second kappa shape index (κ2) is 20.6. The number of rotatable bonds is 11. The Morgan fingerprint density at radius 2 is 1.27 bits per heavy atom. The van der Waals surface area contributed by atoms with E-state index in [-0.39, 0.29) is 49.6 Å². The van der Waals surface area contributed by atoms with E-state index in [4.69, 9.17) is 29.9 Å². The second-order valence-electron chi connectivity index (χ2n) is 17.0. The van der Waals surface area contributed by atoms with Gasteiger partial charge in [0.15, 0.2) is 0 Å². The molecule has 2 aromatic carbocycles. The average molecular weight is 847 g/mol. The Hall–Kier alpha value is -4.53. The minimum atomic E-state index is -0.529. The highest BCUT2D eigenvalue weighted by Gasteiger charge is 2.34. The molecule has 2 saturated heterocycles. The zero-order chi connectivity index (χ0) is 42.9. The molecule has 320 valence electrons. The first kappa shape index (κ1) is 45.6. The van der Waals surface area contributed by atoms with E-state index in [0.717, 1.165) is 73.7 Å². The summed E-state index contributed by atoms with van der Waals surface area (Å²) in [5.74, 6) is 0.911. The lowest BCUT2D eigenvalue weighted by Gasteiger charge is -2.38. The molecule has 2 aromatic heterocycles. The third kappa shape index (κ3) is 13.0. The SMILES string of the molecule is C=CCOC(=O)N1C[C@@H](C)CC[C@@H]1c1ccc2sc(C[C@H](C)N)nc2c1.C=CCOC(=O)N1C[C@@H](C)CC[C@@H]1c1ccc2sc(C[C@H](C)NC(=O)OC(C)(C)C)nc2c1. The Bertz CT molecular complexity index is 2070. The molecule has 0 spiro atoms. The largest absolute Gasteiger partial charge is 0.445 e. The summed E-state index contributed by atoms with van der Waals surface area (Å²) in [5.41, 5.74) is 9.46. The van der Waals surface area contributed by atoms with Crippen molar-refractivity contribution in [3.05, 3.63) is 82.9 Å². The van der Waals surface area contributed by atoms with Crippen LogP contribution < -0.4 is 11.1 Å². The smallest absolute Gasteiger partial charge is 0.410 e. The van der Waals surface area contributed by atoms with E-state index in [1.54, 1.807) is 34.8 Å². The number of hydrogen-bond acceptors (Lipinski definition) is 11. The zero-order valence-corrected chi connectivity index (χ0v) is 37.3. The first-order valence-electron chi connectivity index (χ1n) is 20.7. The van der Waals surface area contributed by atoms with E-state index in [0.29, 0.717) is 31.3 Å². The number of alkyl carbamates (subject to hydrolysis) is 1. The number of fused-ring (bicyclic) bond motifs is 2. The number of benzene rings is 2. The molecule has 12 nitrogen and oxygen atoms in total. The maximum absolute atomic E-state index is 12.6. The van der Waals surface area contributed by atoms with Crippen molar-refractivity contribution in [2.24, 2.45) is 17.6 Å². The van der Waals surface area contributed by atoms with Gasteiger partial charge < -0.3 is 35.1 Å². The van der Waals surface area contributed by atoms with Crippen molar-refractivity contribution in [1.29, 1.82) is 0 Å². The second-order valence-corrected chi connectivity index (χ2v) is 19.3. The normalized spacial score (nSPS) is 20.5. The topological polar surface area (TPSA) is 149 Å². The predicted molar refractivity (Wildman–Crippen MR) is 238 cm³/mol. The number of nitrogens with zero attached hydrogens (tertiary/aromatic N) is 4. The van der Waals surface area contributed by atoms with E-state index < -0.39 is 11.7 Å². The van der Waals surface area contributed by atoms with Gasteiger partial charge in [-0.15, -0.1) is 22.7 Å². The number of amides is 3. The molecule has 2 fully saturated rings. The molecular formula is C45H62N6O6S2. The van der Waals surface area contributed by atoms with Crippen LogP contribution in [0.3, 0.4) is 0 Å². The van der Waals surface area contributed by atoms with Crippen LogP contribution in [-0.2, 0) is 27.1 Å². The number of thiazole rings is 2. The molecule has 0 unspecified atom stereocenters. The first-order chi connectivity index (χ1) is 28.0. The third-order valence-corrected chi connectivity index (χ3v) is 12.3. The molecular weight excluding hydrogens is 785 g/mol. The van der Waals surface area contributed by atoms with Gasteiger partial charge in [-0.2, -0.15) is 0 Å². The number of piperidine rings is 2. The number of likely N-dealkylation sites (tertiary alicyclic amines) is 2. The molecule has 3 amide bonds. The minimum Gasteiger partial charge on any atom is -0.445 e. The number of ether oxygens (including phenoxy) is 3. The van der Waals surface area contributed by atoms with Gasteiger partial charge >= 0.3 is 18.3 Å². The number of carbonyl (C=O) groups is 3. The van der Waals surface area contributed by atoms with E-state index in [1.165, 1.54) is 0 Å². The Morgan fingerprint density at radius 1 is 0.814 bits per heavy atom. The molecule has 2 aliphatic rings. The maximum atomic E-state index is 12.6. The fourth-order valence-corrected chi connectivity index (χ4v) is 9.66. The van der Waals surface area contributed by atoms with Gasteiger partial charge in [0.1, 0.15) is 18.8 Å². The van der Waals surface area contributed by atoms with Crippen LogP contribution in [0.4, 0.5) is 14.4 Å². The van der Waals surface area contributed by atoms with E-state index >= 15 is 0 Å². The van der Waals surface area contributed by atoms with Gasteiger partial charge in [-0.05, 0) is 108 Å². The van der Waals surface area contributed by atoms with Crippen molar-refractivity contribution >= 4 is 61.4 Å². The summed E-state index contributed by atoms with van der Waals surface area (Å²) in [6, 6.07) is 12.6. The van der Waals surface area contributed by atoms with Crippen LogP contribution in [0.5, 0.6) is 0 Å². The van der Waals surface area contributed by atoms with Gasteiger partial charge in [0.05, 0.1) is 42.5 Å². The quantitative estimate of drug-likeness (QED) is 0.111. The lowest BCUT2D eigenvalue weighted by atomic mass is 9.90. The molecule has 4 heterocycles. The van der Waals surface area contributed by atoms with Crippen LogP contribution in [0.2, 0.25) is 0 Å². The fourth-order valence-electron chi connectivity index (χ4n) is 7.50.